The molecule has 0 atom stereocenters. The van der Waals surface area contributed by atoms with Crippen LogP contribution in [0.5, 0.6) is 0 Å². The summed E-state index contributed by atoms with van der Waals surface area (Å²) in [6.45, 7) is 11.8. The third-order valence-electron chi connectivity index (χ3n) is 8.25. The summed E-state index contributed by atoms with van der Waals surface area (Å²) in [6.07, 6.45) is 0.921. The molecule has 0 N–H and O–H groups in total. The summed E-state index contributed by atoms with van der Waals surface area (Å²) in [4.78, 5) is 24.1. The Morgan fingerprint density at radius 3 is 1.18 bits per heavy atom. The Hall–Kier alpha value is -5.01. The second kappa shape index (κ2) is 17.6. The zero-order valence-electron chi connectivity index (χ0n) is 29.5. The fourth-order valence-electron chi connectivity index (χ4n) is 5.99. The summed E-state index contributed by atoms with van der Waals surface area (Å²) in [5.74, 6) is 0. The average Bonchev–Trinajstić information content (AvgIpc) is 3.12. The first kappa shape index (κ1) is 37.8. The molecule has 0 bridgehead atoms. The highest BCUT2D eigenvalue weighted by Crippen LogP contribution is 2.47. The van der Waals surface area contributed by atoms with Crippen LogP contribution in [0, 0.1) is 41.5 Å². The molecule has 0 saturated heterocycles. The lowest BCUT2D eigenvalue weighted by molar-refractivity contribution is 0.107. The first-order chi connectivity index (χ1) is 24.0. The third-order valence-corrected chi connectivity index (χ3v) is 12.6. The molecule has 0 saturated carbocycles. The molecule has 0 aliphatic rings. The summed E-state index contributed by atoms with van der Waals surface area (Å²) in [6, 6.07) is 45.2. The second-order valence-corrected chi connectivity index (χ2v) is 16.5. The van der Waals surface area contributed by atoms with Crippen molar-refractivity contribution in [3.8, 4) is 0 Å². The molecular formula is C44H43O4P2+. The van der Waals surface area contributed by atoms with Gasteiger partial charge in [0, 0.05) is 21.7 Å². The van der Waals surface area contributed by atoms with Gasteiger partial charge in [0.15, 0.2) is 16.9 Å². The highest BCUT2D eigenvalue weighted by Gasteiger charge is 2.37. The van der Waals surface area contributed by atoms with Crippen molar-refractivity contribution in [2.24, 2.45) is 0 Å². The minimum Gasteiger partial charge on any atom is -0.305 e. The predicted molar refractivity (Wildman–Crippen MR) is 211 cm³/mol. The SMILES string of the molecule is Cc1cc(C)c(C(=O)P(=O)(c2ccccc2)c2ccccc2)c(C)c1.Cc1cc(C)c(C=O)c(C)c1.O=[P+](c1ccccc1)c1ccccc1. The van der Waals surface area contributed by atoms with Crippen molar-refractivity contribution < 1.29 is 18.7 Å². The standard InChI is InChI=1S/C22H21O2P.C12H10OP.C10H12O/c1-16-14-17(2)21(18(3)15-16)22(23)25(24,19-10-6-4-7-11-19)20-12-8-5-9-13-20;13-14(11-7-3-1-4-8-11)12-9-5-2-6-10-12;1-7-4-8(2)10(6-11)9(3)5-7/h4-15H,1-3H3;1-10H;4-6H,1-3H3/q;+1;. The number of aldehydes is 1. The Balaban J connectivity index is 0.000000189. The molecule has 50 heavy (non-hydrogen) atoms. The van der Waals surface area contributed by atoms with E-state index in [1.54, 1.807) is 24.3 Å². The number of hydrogen-bond donors (Lipinski definition) is 0. The minimum absolute atomic E-state index is 0.292. The van der Waals surface area contributed by atoms with Gasteiger partial charge in [-0.1, -0.05) is 137 Å². The molecular weight excluding hydrogens is 654 g/mol. The Morgan fingerprint density at radius 2 is 0.840 bits per heavy atom. The zero-order valence-corrected chi connectivity index (χ0v) is 31.3. The summed E-state index contributed by atoms with van der Waals surface area (Å²) in [5, 5.41) is 2.92. The first-order valence-corrected chi connectivity index (χ1v) is 19.4. The molecule has 0 amide bonds. The van der Waals surface area contributed by atoms with E-state index in [2.05, 4.69) is 0 Å². The van der Waals surface area contributed by atoms with E-state index in [1.807, 2.05) is 163 Å². The predicted octanol–water partition coefficient (Wildman–Crippen LogP) is 9.66. The van der Waals surface area contributed by atoms with Crippen LogP contribution in [0.25, 0.3) is 0 Å². The molecule has 6 rings (SSSR count). The number of aryl methyl sites for hydroxylation is 6. The summed E-state index contributed by atoms with van der Waals surface area (Å²) >= 11 is 0. The molecule has 0 aliphatic carbocycles. The van der Waals surface area contributed by atoms with Gasteiger partial charge in [-0.05, 0) is 88.1 Å². The molecule has 0 aliphatic heterocycles. The molecule has 0 spiro atoms. The van der Waals surface area contributed by atoms with Gasteiger partial charge in [0.25, 0.3) is 0 Å². The van der Waals surface area contributed by atoms with Crippen LogP contribution >= 0.6 is 14.9 Å². The van der Waals surface area contributed by atoms with Crippen molar-refractivity contribution >= 4 is 48.0 Å². The largest absolute Gasteiger partial charge is 0.415 e. The maximum absolute atomic E-state index is 14.2. The molecule has 6 aromatic carbocycles. The van der Waals surface area contributed by atoms with Crippen LogP contribution in [0.3, 0.4) is 0 Å². The van der Waals surface area contributed by atoms with E-state index >= 15 is 0 Å². The van der Waals surface area contributed by atoms with E-state index in [0.717, 1.165) is 50.3 Å². The van der Waals surface area contributed by atoms with E-state index in [-0.39, 0.29) is 5.52 Å². The Morgan fingerprint density at radius 1 is 0.520 bits per heavy atom. The van der Waals surface area contributed by atoms with Gasteiger partial charge in [-0.15, -0.1) is 0 Å². The monoisotopic (exact) mass is 697 g/mol. The average molecular weight is 698 g/mol. The Labute approximate surface area is 297 Å². The molecule has 252 valence electrons. The quantitative estimate of drug-likeness (QED) is 0.123. The lowest BCUT2D eigenvalue weighted by atomic mass is 10.0. The summed E-state index contributed by atoms with van der Waals surface area (Å²) in [5.41, 5.74) is 7.29. The zero-order chi connectivity index (χ0) is 36.3. The van der Waals surface area contributed by atoms with Gasteiger partial charge in [-0.3, -0.25) is 9.59 Å². The number of carbonyl (C=O) groups excluding carboxylic acids is 2. The Kier molecular flexibility index (Phi) is 13.3. The summed E-state index contributed by atoms with van der Waals surface area (Å²) < 4.78 is 26.2. The topological polar surface area (TPSA) is 68.3 Å². The highest BCUT2D eigenvalue weighted by molar-refractivity contribution is 7.93. The van der Waals surface area contributed by atoms with Gasteiger partial charge in [-0.2, -0.15) is 0 Å². The first-order valence-electron chi connectivity index (χ1n) is 16.4. The van der Waals surface area contributed by atoms with Crippen LogP contribution in [0.1, 0.15) is 54.1 Å². The smallest absolute Gasteiger partial charge is 0.305 e. The van der Waals surface area contributed by atoms with Gasteiger partial charge in [0.2, 0.25) is 12.7 Å². The normalized spacial score (nSPS) is 10.5. The lowest BCUT2D eigenvalue weighted by Crippen LogP contribution is -2.23. The van der Waals surface area contributed by atoms with E-state index in [1.165, 1.54) is 5.56 Å². The van der Waals surface area contributed by atoms with Crippen molar-refractivity contribution in [1.82, 2.24) is 0 Å². The molecule has 6 aromatic rings. The van der Waals surface area contributed by atoms with E-state index in [9.17, 15) is 18.7 Å². The van der Waals surface area contributed by atoms with E-state index in [4.69, 9.17) is 0 Å². The van der Waals surface area contributed by atoms with Gasteiger partial charge in [0.1, 0.15) is 0 Å². The Bertz CT molecular complexity index is 2000. The van der Waals surface area contributed by atoms with Crippen LogP contribution in [0.4, 0.5) is 0 Å². The molecule has 0 unspecified atom stereocenters. The van der Waals surface area contributed by atoms with Crippen LogP contribution in [0.15, 0.2) is 146 Å². The van der Waals surface area contributed by atoms with Gasteiger partial charge >= 0.3 is 7.80 Å². The fraction of sp³-hybridized carbons (Fsp3) is 0.136. The molecule has 0 aromatic heterocycles. The van der Waals surface area contributed by atoms with E-state index in [0.29, 0.717) is 16.2 Å². The third kappa shape index (κ3) is 9.16. The van der Waals surface area contributed by atoms with Crippen LogP contribution in [-0.4, -0.2) is 11.8 Å². The molecule has 0 fully saturated rings. The number of carbonyl (C=O) groups is 2. The number of hydrogen-bond acceptors (Lipinski definition) is 4. The van der Waals surface area contributed by atoms with Crippen molar-refractivity contribution in [2.45, 2.75) is 41.5 Å². The van der Waals surface area contributed by atoms with Crippen molar-refractivity contribution in [3.05, 3.63) is 190 Å². The summed E-state index contributed by atoms with van der Waals surface area (Å²) in [7, 11) is -4.87. The van der Waals surface area contributed by atoms with E-state index < -0.39 is 14.9 Å². The highest BCUT2D eigenvalue weighted by atomic mass is 31.2. The lowest BCUT2D eigenvalue weighted by Gasteiger charge is -2.20. The van der Waals surface area contributed by atoms with Gasteiger partial charge < -0.3 is 4.57 Å². The molecule has 0 radical (unpaired) electrons. The minimum atomic E-state index is -3.44. The number of benzene rings is 6. The molecule has 6 heteroatoms. The fourth-order valence-corrected chi connectivity index (χ4v) is 9.79. The van der Waals surface area contributed by atoms with Gasteiger partial charge in [-0.25, -0.2) is 0 Å². The van der Waals surface area contributed by atoms with Crippen molar-refractivity contribution in [3.63, 3.8) is 0 Å². The van der Waals surface area contributed by atoms with Gasteiger partial charge in [0.05, 0.1) is 0 Å². The maximum Gasteiger partial charge on any atom is 0.415 e. The molecule has 0 heterocycles. The van der Waals surface area contributed by atoms with Crippen LogP contribution < -0.4 is 21.2 Å². The van der Waals surface area contributed by atoms with Crippen molar-refractivity contribution in [1.29, 1.82) is 0 Å². The van der Waals surface area contributed by atoms with Crippen LogP contribution in [0.2, 0.25) is 0 Å². The number of rotatable bonds is 7. The molecule has 4 nitrogen and oxygen atoms in total. The second-order valence-electron chi connectivity index (χ2n) is 12.3. The van der Waals surface area contributed by atoms with Crippen LogP contribution in [-0.2, 0) is 9.13 Å². The van der Waals surface area contributed by atoms with Crippen molar-refractivity contribution in [2.75, 3.05) is 0 Å². The maximum atomic E-state index is 14.2.